The number of anilines is 2. The molecular formula is C28H29F3N8OS. The van der Waals surface area contributed by atoms with Crippen LogP contribution >= 0.6 is 11.3 Å². The second-order valence-electron chi connectivity index (χ2n) is 10.8. The Balaban J connectivity index is 1.53. The van der Waals surface area contributed by atoms with Crippen molar-refractivity contribution in [2.75, 3.05) is 50.5 Å². The Morgan fingerprint density at radius 3 is 2.73 bits per heavy atom. The highest BCUT2D eigenvalue weighted by Gasteiger charge is 2.28. The number of likely N-dealkylation sites (tertiary alicyclic amines) is 1. The lowest BCUT2D eigenvalue weighted by Crippen LogP contribution is -2.36. The van der Waals surface area contributed by atoms with Gasteiger partial charge < -0.3 is 26.0 Å². The predicted molar refractivity (Wildman–Crippen MR) is 152 cm³/mol. The van der Waals surface area contributed by atoms with E-state index in [2.05, 4.69) is 19.9 Å². The molecule has 1 unspecified atom stereocenters. The molecular weight excluding hydrogens is 553 g/mol. The van der Waals surface area contributed by atoms with E-state index in [1.165, 1.54) is 6.20 Å². The van der Waals surface area contributed by atoms with Crippen LogP contribution in [0.1, 0.15) is 31.2 Å². The van der Waals surface area contributed by atoms with Gasteiger partial charge in [0.25, 0.3) is 0 Å². The van der Waals surface area contributed by atoms with Gasteiger partial charge in [-0.3, -0.25) is 4.98 Å². The lowest BCUT2D eigenvalue weighted by Gasteiger charge is -2.25. The molecule has 5 heterocycles. The maximum Gasteiger partial charge on any atom is 0.319 e. The first-order valence-corrected chi connectivity index (χ1v) is 14.3. The third kappa shape index (κ3) is 5.00. The first-order chi connectivity index (χ1) is 19.7. The Hall–Kier alpha value is -3.73. The highest BCUT2D eigenvalue weighted by Crippen LogP contribution is 2.43. The van der Waals surface area contributed by atoms with E-state index in [9.17, 15) is 9.65 Å². The van der Waals surface area contributed by atoms with E-state index in [0.29, 0.717) is 37.0 Å². The molecule has 4 N–H and O–H groups in total. The molecule has 0 saturated carbocycles. The number of hydrogen-bond donors (Lipinski definition) is 2. The molecule has 1 aromatic carbocycles. The van der Waals surface area contributed by atoms with Crippen LogP contribution in [-0.2, 0) is 0 Å². The number of thiophene rings is 1. The fourth-order valence-corrected chi connectivity index (χ4v) is 6.72. The number of pyridine rings is 1. The molecule has 6 rings (SSSR count). The van der Waals surface area contributed by atoms with Crippen LogP contribution in [0.2, 0.25) is 0 Å². The molecule has 4 aromatic rings. The molecule has 9 nitrogen and oxygen atoms in total. The molecule has 2 aliphatic rings. The molecule has 0 bridgehead atoms. The summed E-state index contributed by atoms with van der Waals surface area (Å²) in [6.07, 6.45) is 5.05. The number of nitriles is 1. The zero-order valence-electron chi connectivity index (χ0n) is 22.5. The van der Waals surface area contributed by atoms with E-state index in [0.717, 1.165) is 50.1 Å². The van der Waals surface area contributed by atoms with Crippen LogP contribution in [0.3, 0.4) is 0 Å². The van der Waals surface area contributed by atoms with Gasteiger partial charge in [-0.15, -0.1) is 11.3 Å². The molecule has 0 aliphatic carbocycles. The number of benzene rings is 1. The number of aromatic nitrogens is 3. The summed E-state index contributed by atoms with van der Waals surface area (Å²) in [5.41, 5.74) is 11.3. The van der Waals surface area contributed by atoms with Gasteiger partial charge in [-0.1, -0.05) is 6.42 Å². The summed E-state index contributed by atoms with van der Waals surface area (Å²) in [5, 5.41) is 9.89. The minimum absolute atomic E-state index is 0.00172. The molecule has 41 heavy (non-hydrogen) atoms. The molecule has 2 atom stereocenters. The summed E-state index contributed by atoms with van der Waals surface area (Å²) in [6.45, 7) is 3.36. The zero-order chi connectivity index (χ0) is 28.8. The Morgan fingerprint density at radius 2 is 1.98 bits per heavy atom. The zero-order valence-corrected chi connectivity index (χ0v) is 23.3. The average Bonchev–Trinajstić information content (AvgIpc) is 3.44. The van der Waals surface area contributed by atoms with Gasteiger partial charge in [0.05, 0.1) is 22.3 Å². The maximum atomic E-state index is 16.5. The topological polar surface area (TPSA) is 130 Å². The highest BCUT2D eigenvalue weighted by atomic mass is 32.1. The second-order valence-corrected chi connectivity index (χ2v) is 11.9. The Labute approximate surface area is 238 Å². The predicted octanol–water partition coefficient (Wildman–Crippen LogP) is 4.43. The number of hydrogen-bond acceptors (Lipinski definition) is 10. The molecule has 2 fully saturated rings. The van der Waals surface area contributed by atoms with Crippen LogP contribution in [0.5, 0.6) is 6.01 Å². The van der Waals surface area contributed by atoms with Gasteiger partial charge in [-0.2, -0.15) is 15.2 Å². The van der Waals surface area contributed by atoms with Crippen LogP contribution in [0, 0.1) is 34.7 Å². The van der Waals surface area contributed by atoms with Crippen molar-refractivity contribution in [3.05, 3.63) is 35.3 Å². The summed E-state index contributed by atoms with van der Waals surface area (Å²) in [4.78, 5) is 17.6. The first-order valence-electron chi connectivity index (χ1n) is 13.5. The van der Waals surface area contributed by atoms with E-state index < -0.39 is 23.1 Å². The minimum Gasteiger partial charge on any atom is -0.463 e. The van der Waals surface area contributed by atoms with Gasteiger partial charge >= 0.3 is 6.01 Å². The Bertz CT molecular complexity index is 1690. The van der Waals surface area contributed by atoms with Crippen molar-refractivity contribution in [1.82, 2.24) is 19.9 Å². The lowest BCUT2D eigenvalue weighted by atomic mass is 10.0. The number of halogens is 3. The summed E-state index contributed by atoms with van der Waals surface area (Å²) in [7, 11) is 2.04. The van der Waals surface area contributed by atoms with Gasteiger partial charge in [-0.25, -0.2) is 13.2 Å². The largest absolute Gasteiger partial charge is 0.463 e. The quantitative estimate of drug-likeness (QED) is 0.351. The van der Waals surface area contributed by atoms with Crippen LogP contribution in [-0.4, -0.2) is 65.7 Å². The summed E-state index contributed by atoms with van der Waals surface area (Å²) < 4.78 is 52.4. The van der Waals surface area contributed by atoms with Gasteiger partial charge in [0.1, 0.15) is 39.7 Å². The maximum absolute atomic E-state index is 16.5. The van der Waals surface area contributed by atoms with E-state index in [-0.39, 0.29) is 49.7 Å². The van der Waals surface area contributed by atoms with Crippen molar-refractivity contribution < 1.29 is 17.9 Å². The van der Waals surface area contributed by atoms with Gasteiger partial charge in [0.15, 0.2) is 5.82 Å². The first kappa shape index (κ1) is 27.4. The molecule has 3 aromatic heterocycles. The average molecular weight is 583 g/mol. The molecule has 0 amide bonds. The molecule has 214 valence electrons. The monoisotopic (exact) mass is 582 g/mol. The van der Waals surface area contributed by atoms with Crippen LogP contribution in [0.4, 0.5) is 24.0 Å². The molecule has 0 spiro atoms. The highest BCUT2D eigenvalue weighted by molar-refractivity contribution is 7.23. The van der Waals surface area contributed by atoms with Crippen molar-refractivity contribution >= 4 is 43.1 Å². The van der Waals surface area contributed by atoms with Gasteiger partial charge in [0, 0.05) is 54.8 Å². The second kappa shape index (κ2) is 10.9. The normalized spacial score (nSPS) is 20.0. The van der Waals surface area contributed by atoms with Gasteiger partial charge in [0.2, 0.25) is 0 Å². The van der Waals surface area contributed by atoms with E-state index in [4.69, 9.17) is 16.2 Å². The molecule has 13 heteroatoms. The Kier molecular flexibility index (Phi) is 7.31. The minimum atomic E-state index is -1.07. The van der Waals surface area contributed by atoms with E-state index in [1.54, 1.807) is 0 Å². The summed E-state index contributed by atoms with van der Waals surface area (Å²) >= 11 is 0.797. The molecule has 2 aliphatic heterocycles. The Morgan fingerprint density at radius 1 is 1.15 bits per heavy atom. The SMILES string of the molecule is CN1CC[C@@H](COc2nc(N3CCCCC(N)C3)c3cnc(-c4c(F)cc(F)c5sc(N)c(C#N)c45)c(F)c3n2)C1. The summed E-state index contributed by atoms with van der Waals surface area (Å²) in [5.74, 6) is -2.18. The molecule has 0 radical (unpaired) electrons. The van der Waals surface area contributed by atoms with E-state index >= 15 is 8.78 Å². The lowest BCUT2D eigenvalue weighted by molar-refractivity contribution is 0.233. The fraction of sp³-hybridized carbons (Fsp3) is 0.429. The summed E-state index contributed by atoms with van der Waals surface area (Å²) in [6, 6.07) is 2.45. The van der Waals surface area contributed by atoms with Crippen LogP contribution < -0.4 is 21.1 Å². The number of rotatable bonds is 5. The van der Waals surface area contributed by atoms with Crippen LogP contribution in [0.25, 0.3) is 32.2 Å². The van der Waals surface area contributed by atoms with Crippen molar-refractivity contribution in [3.8, 4) is 23.3 Å². The van der Waals surface area contributed by atoms with E-state index in [1.807, 2.05) is 18.0 Å². The fourth-order valence-electron chi connectivity index (χ4n) is 5.79. The van der Waals surface area contributed by atoms with Crippen molar-refractivity contribution in [3.63, 3.8) is 0 Å². The number of nitrogens with two attached hydrogens (primary N) is 2. The smallest absolute Gasteiger partial charge is 0.319 e. The standard InChI is InChI=1S/C28H29F3N8OS/c1-38-7-5-14(11-38)13-40-28-36-23-17(27(37-28)39-6-3-2-4-15(33)12-39)10-35-24(22(23)31)21-18(29)8-19(30)25-20(21)16(9-32)26(34)41-25/h8,10,14-15H,2-7,11-13,33-34H2,1H3/t14-,15?/m1/s1. The third-order valence-electron chi connectivity index (χ3n) is 7.83. The van der Waals surface area contributed by atoms with Crippen molar-refractivity contribution in [1.29, 1.82) is 5.26 Å². The third-order valence-corrected chi connectivity index (χ3v) is 8.86. The van der Waals surface area contributed by atoms with Crippen molar-refractivity contribution in [2.24, 2.45) is 11.7 Å². The van der Waals surface area contributed by atoms with Crippen molar-refractivity contribution in [2.45, 2.75) is 31.7 Å². The molecule has 2 saturated heterocycles. The number of nitrogens with zero attached hydrogens (tertiary/aromatic N) is 6. The number of fused-ring (bicyclic) bond motifs is 2. The number of nitrogen functional groups attached to an aromatic ring is 1. The van der Waals surface area contributed by atoms with Gasteiger partial charge in [-0.05, 0) is 32.9 Å². The number of ether oxygens (including phenoxy) is 1. The van der Waals surface area contributed by atoms with Crippen LogP contribution in [0.15, 0.2) is 12.3 Å².